The second-order valence-electron chi connectivity index (χ2n) is 6.25. The second-order valence-corrected chi connectivity index (χ2v) is 6.25. The zero-order valence-electron chi connectivity index (χ0n) is 13.9. The van der Waals surface area contributed by atoms with Gasteiger partial charge in [0.2, 0.25) is 0 Å². The molecule has 130 valence electrons. The normalized spacial score (nSPS) is 15.1. The molecule has 0 N–H and O–H groups in total. The van der Waals surface area contributed by atoms with Crippen molar-refractivity contribution in [3.05, 3.63) is 54.6 Å². The van der Waals surface area contributed by atoms with E-state index in [9.17, 15) is 4.79 Å². The summed E-state index contributed by atoms with van der Waals surface area (Å²) in [4.78, 5) is 16.9. The Morgan fingerprint density at radius 3 is 2.77 bits per heavy atom. The predicted molar refractivity (Wildman–Crippen MR) is 95.1 cm³/mol. The highest BCUT2D eigenvalue weighted by Crippen LogP contribution is 2.23. The molecule has 0 unspecified atom stereocenters. The van der Waals surface area contributed by atoms with Gasteiger partial charge in [0, 0.05) is 31.6 Å². The fourth-order valence-electron chi connectivity index (χ4n) is 3.34. The molecular formula is C18H16N6O2. The Hall–Kier alpha value is -3.42. The fourth-order valence-corrected chi connectivity index (χ4v) is 3.34. The van der Waals surface area contributed by atoms with Crippen molar-refractivity contribution in [2.45, 2.75) is 0 Å². The third-order valence-corrected chi connectivity index (χ3v) is 4.75. The minimum absolute atomic E-state index is 0.0109. The van der Waals surface area contributed by atoms with E-state index >= 15 is 0 Å². The summed E-state index contributed by atoms with van der Waals surface area (Å²) in [7, 11) is 0. The molecule has 0 bridgehead atoms. The van der Waals surface area contributed by atoms with Crippen LogP contribution >= 0.6 is 0 Å². The number of carbonyl (C=O) groups is 1. The van der Waals surface area contributed by atoms with Crippen LogP contribution in [0.25, 0.3) is 16.6 Å². The largest absolute Gasteiger partial charge is 0.463 e. The molecule has 1 aromatic carbocycles. The molecule has 8 heteroatoms. The Bertz CT molecular complexity index is 1090. The number of fused-ring (bicyclic) bond motifs is 2. The number of piperazine rings is 1. The maximum atomic E-state index is 12.9. The highest BCUT2D eigenvalue weighted by Gasteiger charge is 2.25. The van der Waals surface area contributed by atoms with Crippen LogP contribution in [0.5, 0.6) is 0 Å². The molecule has 3 aromatic heterocycles. The Balaban J connectivity index is 1.32. The van der Waals surface area contributed by atoms with Crippen LogP contribution < -0.4 is 4.90 Å². The van der Waals surface area contributed by atoms with Crippen LogP contribution in [-0.2, 0) is 0 Å². The van der Waals surface area contributed by atoms with Crippen LogP contribution in [-0.4, -0.2) is 56.8 Å². The van der Waals surface area contributed by atoms with Crippen molar-refractivity contribution < 1.29 is 9.21 Å². The van der Waals surface area contributed by atoms with Crippen molar-refractivity contribution in [3.8, 4) is 0 Å². The number of rotatable bonds is 2. The maximum absolute atomic E-state index is 12.9. The highest BCUT2D eigenvalue weighted by molar-refractivity contribution is 6.05. The van der Waals surface area contributed by atoms with Crippen molar-refractivity contribution in [3.63, 3.8) is 0 Å². The molecule has 1 aliphatic rings. The second kappa shape index (κ2) is 5.83. The van der Waals surface area contributed by atoms with Crippen molar-refractivity contribution in [1.82, 2.24) is 24.7 Å². The summed E-state index contributed by atoms with van der Waals surface area (Å²) in [5, 5.41) is 13.2. The first-order chi connectivity index (χ1) is 12.8. The Labute approximate surface area is 148 Å². The van der Waals surface area contributed by atoms with E-state index < -0.39 is 0 Å². The topological polar surface area (TPSA) is 79.8 Å². The van der Waals surface area contributed by atoms with E-state index in [1.54, 1.807) is 17.1 Å². The molecular weight excluding hydrogens is 332 g/mol. The molecule has 1 saturated heterocycles. The van der Waals surface area contributed by atoms with Gasteiger partial charge in [0.1, 0.15) is 24.0 Å². The van der Waals surface area contributed by atoms with Gasteiger partial charge in [-0.3, -0.25) is 4.79 Å². The molecule has 0 spiro atoms. The van der Waals surface area contributed by atoms with E-state index in [4.69, 9.17) is 4.42 Å². The maximum Gasteiger partial charge on any atom is 0.257 e. The molecule has 5 rings (SSSR count). The number of anilines is 1. The average Bonchev–Trinajstić information content (AvgIpc) is 3.34. The first kappa shape index (κ1) is 14.9. The number of nitrogens with zero attached hydrogens (tertiary/aromatic N) is 6. The number of furan rings is 1. The summed E-state index contributed by atoms with van der Waals surface area (Å²) in [5.41, 5.74) is 2.08. The van der Waals surface area contributed by atoms with Crippen molar-refractivity contribution in [1.29, 1.82) is 0 Å². The number of para-hydroxylation sites is 1. The molecule has 8 nitrogen and oxygen atoms in total. The van der Waals surface area contributed by atoms with Gasteiger partial charge in [-0.2, -0.15) is 4.52 Å². The van der Waals surface area contributed by atoms with Crippen LogP contribution in [0.2, 0.25) is 0 Å². The number of amides is 1. The van der Waals surface area contributed by atoms with E-state index in [1.165, 1.54) is 0 Å². The summed E-state index contributed by atoms with van der Waals surface area (Å²) in [5.74, 6) is 0.870. The summed E-state index contributed by atoms with van der Waals surface area (Å²) in [6, 6.07) is 11.4. The first-order valence-corrected chi connectivity index (χ1v) is 8.47. The number of benzene rings is 1. The van der Waals surface area contributed by atoms with E-state index in [2.05, 4.69) is 20.2 Å². The molecule has 0 radical (unpaired) electrons. The predicted octanol–water partition coefficient (Wildman–Crippen LogP) is 1.83. The molecule has 4 heterocycles. The lowest BCUT2D eigenvalue weighted by Gasteiger charge is -2.35. The van der Waals surface area contributed by atoms with Crippen LogP contribution in [0.3, 0.4) is 0 Å². The summed E-state index contributed by atoms with van der Waals surface area (Å²) in [6.07, 6.45) is 3.14. The number of aromatic nitrogens is 4. The van der Waals surface area contributed by atoms with E-state index in [1.807, 2.05) is 41.3 Å². The van der Waals surface area contributed by atoms with Gasteiger partial charge < -0.3 is 14.2 Å². The Kier molecular flexibility index (Phi) is 3.34. The molecule has 0 saturated carbocycles. The van der Waals surface area contributed by atoms with Crippen molar-refractivity contribution in [2.24, 2.45) is 0 Å². The van der Waals surface area contributed by atoms with Crippen LogP contribution in [0, 0.1) is 0 Å². The smallest absolute Gasteiger partial charge is 0.257 e. The monoisotopic (exact) mass is 348 g/mol. The molecule has 4 aromatic rings. The summed E-state index contributed by atoms with van der Waals surface area (Å²) in [6.45, 7) is 2.73. The molecule has 0 aliphatic carbocycles. The van der Waals surface area contributed by atoms with Crippen LogP contribution in [0.1, 0.15) is 10.4 Å². The van der Waals surface area contributed by atoms with E-state index in [-0.39, 0.29) is 5.91 Å². The van der Waals surface area contributed by atoms with Gasteiger partial charge in [-0.25, -0.2) is 0 Å². The third kappa shape index (κ3) is 2.38. The SMILES string of the molecule is O=C(c1coc2ccccc12)N1CCN(c2ccc3nncn3n2)CC1. The number of carbonyl (C=O) groups excluding carboxylic acids is 1. The van der Waals surface area contributed by atoms with Crippen molar-refractivity contribution >= 4 is 28.3 Å². The van der Waals surface area contributed by atoms with Gasteiger partial charge in [-0.15, -0.1) is 15.3 Å². The van der Waals surface area contributed by atoms with Crippen molar-refractivity contribution in [2.75, 3.05) is 31.1 Å². The van der Waals surface area contributed by atoms with Gasteiger partial charge in [0.15, 0.2) is 5.65 Å². The Morgan fingerprint density at radius 1 is 1.04 bits per heavy atom. The summed E-state index contributed by atoms with van der Waals surface area (Å²) >= 11 is 0. The molecule has 26 heavy (non-hydrogen) atoms. The lowest BCUT2D eigenvalue weighted by atomic mass is 10.1. The molecule has 1 aliphatic heterocycles. The lowest BCUT2D eigenvalue weighted by molar-refractivity contribution is 0.0747. The van der Waals surface area contributed by atoms with Crippen LogP contribution in [0.4, 0.5) is 5.82 Å². The molecule has 0 atom stereocenters. The highest BCUT2D eigenvalue weighted by atomic mass is 16.3. The van der Waals surface area contributed by atoms with Gasteiger partial charge in [0.05, 0.1) is 5.56 Å². The van der Waals surface area contributed by atoms with E-state index in [0.29, 0.717) is 18.7 Å². The quantitative estimate of drug-likeness (QED) is 0.550. The zero-order chi connectivity index (χ0) is 17.5. The molecule has 1 amide bonds. The first-order valence-electron chi connectivity index (χ1n) is 8.47. The third-order valence-electron chi connectivity index (χ3n) is 4.75. The van der Waals surface area contributed by atoms with Gasteiger partial charge in [-0.1, -0.05) is 18.2 Å². The number of hydrogen-bond acceptors (Lipinski definition) is 6. The minimum Gasteiger partial charge on any atom is -0.463 e. The average molecular weight is 348 g/mol. The van der Waals surface area contributed by atoms with Gasteiger partial charge in [0.25, 0.3) is 5.91 Å². The standard InChI is InChI=1S/C18H16N6O2/c25-18(14-11-26-15-4-2-1-3-13(14)15)23-9-7-22(8-10-23)17-6-5-16-20-19-12-24(16)21-17/h1-6,11-12H,7-10H2. The Morgan fingerprint density at radius 2 is 1.88 bits per heavy atom. The van der Waals surface area contributed by atoms with Crippen LogP contribution in [0.15, 0.2) is 53.4 Å². The van der Waals surface area contributed by atoms with Gasteiger partial charge in [-0.05, 0) is 18.2 Å². The van der Waals surface area contributed by atoms with E-state index in [0.717, 1.165) is 35.5 Å². The number of hydrogen-bond donors (Lipinski definition) is 0. The molecule has 1 fully saturated rings. The lowest BCUT2D eigenvalue weighted by Crippen LogP contribution is -2.49. The van der Waals surface area contributed by atoms with Gasteiger partial charge >= 0.3 is 0 Å². The summed E-state index contributed by atoms with van der Waals surface area (Å²) < 4.78 is 7.16. The zero-order valence-corrected chi connectivity index (χ0v) is 13.9. The fraction of sp³-hybridized carbons (Fsp3) is 0.222. The minimum atomic E-state index is 0.0109.